The number of anilines is 1. The van der Waals surface area contributed by atoms with E-state index >= 15 is 0 Å². The summed E-state index contributed by atoms with van der Waals surface area (Å²) in [6, 6.07) is 10.2. The van der Waals surface area contributed by atoms with Crippen LogP contribution >= 0.6 is 0 Å². The average molecular weight is 285 g/mol. The second-order valence-corrected chi connectivity index (χ2v) is 4.33. The highest BCUT2D eigenvalue weighted by molar-refractivity contribution is 5.88. The fourth-order valence-corrected chi connectivity index (χ4v) is 2.10. The van der Waals surface area contributed by atoms with Crippen molar-refractivity contribution in [3.05, 3.63) is 48.4 Å². The minimum absolute atomic E-state index is 0.223. The molecule has 5 nitrogen and oxygen atoms in total. The predicted octanol–water partition coefficient (Wildman–Crippen LogP) is 3.13. The number of nitrogens with zero attached hydrogens (tertiary/aromatic N) is 2. The van der Waals surface area contributed by atoms with Gasteiger partial charge in [0, 0.05) is 5.56 Å². The zero-order valence-corrected chi connectivity index (χ0v) is 11.2. The molecule has 0 atom stereocenters. The zero-order chi connectivity index (χ0) is 14.8. The zero-order valence-electron chi connectivity index (χ0n) is 11.2. The molecule has 106 valence electrons. The molecule has 21 heavy (non-hydrogen) atoms. The van der Waals surface area contributed by atoms with Gasteiger partial charge in [0.2, 0.25) is 0 Å². The van der Waals surface area contributed by atoms with Crippen LogP contribution in [0.5, 0.6) is 5.75 Å². The number of nitrogen functional groups attached to an aromatic ring is 1. The lowest BCUT2D eigenvalue weighted by molar-refractivity contribution is 0.416. The van der Waals surface area contributed by atoms with Crippen LogP contribution in [-0.4, -0.2) is 17.3 Å². The highest BCUT2D eigenvalue weighted by atomic mass is 19.1. The summed E-state index contributed by atoms with van der Waals surface area (Å²) in [6.45, 7) is 0. The van der Waals surface area contributed by atoms with Crippen LogP contribution in [0, 0.1) is 5.82 Å². The Morgan fingerprint density at radius 3 is 2.71 bits per heavy atom. The summed E-state index contributed by atoms with van der Waals surface area (Å²) in [5.74, 6) is 0.804. The van der Waals surface area contributed by atoms with E-state index in [-0.39, 0.29) is 5.82 Å². The molecular weight excluding hydrogens is 273 g/mol. The smallest absolute Gasteiger partial charge is 0.195 e. The summed E-state index contributed by atoms with van der Waals surface area (Å²) in [5, 5.41) is 3.78. The fourth-order valence-electron chi connectivity index (χ4n) is 2.10. The summed E-state index contributed by atoms with van der Waals surface area (Å²) in [7, 11) is 1.57. The topological polar surface area (TPSA) is 74.2 Å². The number of ether oxygens (including phenoxy) is 1. The predicted molar refractivity (Wildman–Crippen MR) is 76.1 cm³/mol. The molecule has 3 rings (SSSR count). The van der Waals surface area contributed by atoms with E-state index in [1.54, 1.807) is 7.11 Å². The Labute approximate surface area is 120 Å². The monoisotopic (exact) mass is 285 g/mol. The maximum Gasteiger partial charge on any atom is 0.195 e. The van der Waals surface area contributed by atoms with E-state index in [4.69, 9.17) is 15.0 Å². The summed E-state index contributed by atoms with van der Waals surface area (Å²) in [6.07, 6.45) is 1.11. The van der Waals surface area contributed by atoms with Crippen molar-refractivity contribution in [3.63, 3.8) is 0 Å². The Kier molecular flexibility index (Phi) is 3.27. The van der Waals surface area contributed by atoms with E-state index in [2.05, 4.69) is 10.1 Å². The molecule has 0 unspecified atom stereocenters. The number of halogens is 1. The van der Waals surface area contributed by atoms with Gasteiger partial charge in [0.15, 0.2) is 11.6 Å². The standard InChI is InChI=1S/C15H12FN3O2/c1-20-12-5-3-2-4-10(12)13-14(21-19-15(13)17)11-7-6-9(16)8-18-11/h2-8H,1H3,(H2,17,19). The molecule has 0 aliphatic carbocycles. The van der Waals surface area contributed by atoms with Gasteiger partial charge in [0.05, 0.1) is 18.9 Å². The van der Waals surface area contributed by atoms with E-state index in [0.717, 1.165) is 11.8 Å². The molecule has 0 bridgehead atoms. The van der Waals surface area contributed by atoms with Crippen molar-refractivity contribution in [1.82, 2.24) is 10.1 Å². The number of aromatic nitrogens is 2. The Balaban J connectivity index is 2.20. The van der Waals surface area contributed by atoms with E-state index in [1.807, 2.05) is 24.3 Å². The molecule has 0 aliphatic heterocycles. The molecule has 0 saturated heterocycles. The molecule has 0 spiro atoms. The van der Waals surface area contributed by atoms with Gasteiger partial charge in [-0.25, -0.2) is 9.37 Å². The quantitative estimate of drug-likeness (QED) is 0.800. The normalized spacial score (nSPS) is 10.6. The number of pyridine rings is 1. The van der Waals surface area contributed by atoms with Crippen LogP contribution < -0.4 is 10.5 Å². The van der Waals surface area contributed by atoms with Crippen molar-refractivity contribution in [2.75, 3.05) is 12.8 Å². The van der Waals surface area contributed by atoms with Gasteiger partial charge >= 0.3 is 0 Å². The van der Waals surface area contributed by atoms with Crippen molar-refractivity contribution < 1.29 is 13.7 Å². The van der Waals surface area contributed by atoms with Crippen molar-refractivity contribution in [2.45, 2.75) is 0 Å². The minimum atomic E-state index is -0.426. The third kappa shape index (κ3) is 2.31. The van der Waals surface area contributed by atoms with Gasteiger partial charge in [0.1, 0.15) is 17.3 Å². The molecule has 2 aromatic heterocycles. The molecule has 6 heteroatoms. The van der Waals surface area contributed by atoms with E-state index < -0.39 is 5.82 Å². The van der Waals surface area contributed by atoms with Gasteiger partial charge < -0.3 is 15.0 Å². The third-order valence-corrected chi connectivity index (χ3v) is 3.05. The van der Waals surface area contributed by atoms with Crippen LogP contribution in [0.1, 0.15) is 0 Å². The fraction of sp³-hybridized carbons (Fsp3) is 0.0667. The van der Waals surface area contributed by atoms with E-state index in [0.29, 0.717) is 22.8 Å². The second kappa shape index (κ2) is 5.24. The number of para-hydroxylation sites is 1. The summed E-state index contributed by atoms with van der Waals surface area (Å²) in [4.78, 5) is 4.00. The Bertz CT molecular complexity index is 769. The van der Waals surface area contributed by atoms with Gasteiger partial charge in [-0.3, -0.25) is 0 Å². The molecular formula is C15H12FN3O2. The van der Waals surface area contributed by atoms with Gasteiger partial charge in [-0.2, -0.15) is 0 Å². The molecule has 2 heterocycles. The van der Waals surface area contributed by atoms with Crippen LogP contribution in [-0.2, 0) is 0 Å². The lowest BCUT2D eigenvalue weighted by atomic mass is 10.0. The largest absolute Gasteiger partial charge is 0.496 e. The maximum absolute atomic E-state index is 13.0. The summed E-state index contributed by atoms with van der Waals surface area (Å²) >= 11 is 0. The first kappa shape index (κ1) is 13.1. The number of hydrogen-bond acceptors (Lipinski definition) is 5. The van der Waals surface area contributed by atoms with E-state index in [9.17, 15) is 4.39 Å². The molecule has 0 aliphatic rings. The van der Waals surface area contributed by atoms with E-state index in [1.165, 1.54) is 12.1 Å². The SMILES string of the molecule is COc1ccccc1-c1c(N)noc1-c1ccc(F)cn1. The van der Waals surface area contributed by atoms with Crippen LogP contribution in [0.3, 0.4) is 0 Å². The Morgan fingerprint density at radius 1 is 1.19 bits per heavy atom. The highest BCUT2D eigenvalue weighted by Crippen LogP contribution is 2.40. The summed E-state index contributed by atoms with van der Waals surface area (Å²) in [5.41, 5.74) is 7.66. The molecule has 0 radical (unpaired) electrons. The molecule has 1 aromatic carbocycles. The van der Waals surface area contributed by atoms with Crippen molar-refractivity contribution in [2.24, 2.45) is 0 Å². The third-order valence-electron chi connectivity index (χ3n) is 3.05. The first-order chi connectivity index (χ1) is 10.2. The Hall–Kier alpha value is -2.89. The van der Waals surface area contributed by atoms with Crippen molar-refractivity contribution in [3.8, 4) is 28.3 Å². The van der Waals surface area contributed by atoms with Crippen molar-refractivity contribution in [1.29, 1.82) is 0 Å². The van der Waals surface area contributed by atoms with Gasteiger partial charge in [-0.15, -0.1) is 0 Å². The van der Waals surface area contributed by atoms with Crippen LogP contribution in [0.25, 0.3) is 22.6 Å². The molecule has 3 aromatic rings. The molecule has 2 N–H and O–H groups in total. The number of hydrogen-bond donors (Lipinski definition) is 1. The summed E-state index contributed by atoms with van der Waals surface area (Å²) < 4.78 is 23.6. The van der Waals surface area contributed by atoms with Crippen LogP contribution in [0.15, 0.2) is 47.1 Å². The molecule has 0 amide bonds. The first-order valence-electron chi connectivity index (χ1n) is 6.21. The number of benzene rings is 1. The number of methoxy groups -OCH3 is 1. The Morgan fingerprint density at radius 2 is 2.00 bits per heavy atom. The molecule has 0 fully saturated rings. The van der Waals surface area contributed by atoms with Gasteiger partial charge in [-0.1, -0.05) is 23.4 Å². The van der Waals surface area contributed by atoms with Crippen molar-refractivity contribution >= 4 is 5.82 Å². The number of nitrogens with two attached hydrogens (primary N) is 1. The van der Waals surface area contributed by atoms with Crippen LogP contribution in [0.4, 0.5) is 10.2 Å². The highest BCUT2D eigenvalue weighted by Gasteiger charge is 2.21. The average Bonchev–Trinajstić information content (AvgIpc) is 2.89. The maximum atomic E-state index is 13.0. The lowest BCUT2D eigenvalue weighted by Crippen LogP contribution is -1.93. The number of rotatable bonds is 3. The minimum Gasteiger partial charge on any atom is -0.496 e. The van der Waals surface area contributed by atoms with Crippen LogP contribution in [0.2, 0.25) is 0 Å². The lowest BCUT2D eigenvalue weighted by Gasteiger charge is -2.08. The first-order valence-corrected chi connectivity index (χ1v) is 6.21. The second-order valence-electron chi connectivity index (χ2n) is 4.33. The van der Waals surface area contributed by atoms with Gasteiger partial charge in [0.25, 0.3) is 0 Å². The van der Waals surface area contributed by atoms with Gasteiger partial charge in [-0.05, 0) is 18.2 Å². The molecule has 0 saturated carbocycles.